The number of pyridine rings is 1. The van der Waals surface area contributed by atoms with Crippen molar-refractivity contribution in [3.8, 4) is 11.4 Å². The molecule has 0 aliphatic rings. The van der Waals surface area contributed by atoms with Crippen LogP contribution in [0.25, 0.3) is 11.4 Å². The van der Waals surface area contributed by atoms with Gasteiger partial charge in [-0.15, -0.1) is 0 Å². The predicted octanol–water partition coefficient (Wildman–Crippen LogP) is 5.30. The van der Waals surface area contributed by atoms with Crippen LogP contribution in [-0.4, -0.2) is 49.8 Å². The molecule has 0 spiro atoms. The molecule has 2 N–H and O–H groups in total. The van der Waals surface area contributed by atoms with Gasteiger partial charge >= 0.3 is 6.09 Å². The Hall–Kier alpha value is -3.42. The molecule has 2 aromatic heterocycles. The van der Waals surface area contributed by atoms with Crippen LogP contribution < -0.4 is 5.32 Å². The van der Waals surface area contributed by atoms with Gasteiger partial charge in [0.05, 0.1) is 6.54 Å². The second kappa shape index (κ2) is 10.9. The monoisotopic (exact) mass is 450 g/mol. The largest absolute Gasteiger partial charge is 0.444 e. The van der Waals surface area contributed by atoms with Crippen molar-refractivity contribution in [2.45, 2.75) is 52.7 Å². The molecule has 0 aliphatic carbocycles. The molecule has 0 fully saturated rings. The molecule has 0 saturated carbocycles. The first-order valence-electron chi connectivity index (χ1n) is 11.3. The summed E-state index contributed by atoms with van der Waals surface area (Å²) >= 11 is 0. The van der Waals surface area contributed by atoms with E-state index in [1.807, 2.05) is 63.2 Å². The third-order valence-electron chi connectivity index (χ3n) is 4.92. The van der Waals surface area contributed by atoms with Gasteiger partial charge in [0, 0.05) is 30.2 Å². The molecule has 0 saturated heterocycles. The molecule has 0 bridgehead atoms. The summed E-state index contributed by atoms with van der Waals surface area (Å²) in [6, 6.07) is 13.3. The van der Waals surface area contributed by atoms with Gasteiger partial charge in [0.15, 0.2) is 5.82 Å². The van der Waals surface area contributed by atoms with Gasteiger partial charge in [0.25, 0.3) is 0 Å². The SMILES string of the molecule is CC(C)CCN(CC(Nc1ccccc1)c1nc(-c2ccncc2)n[nH]1)C(=O)OC(C)(C)C. The lowest BCUT2D eigenvalue weighted by atomic mass is 10.1. The molecule has 3 rings (SSSR count). The van der Waals surface area contributed by atoms with Gasteiger partial charge in [0.1, 0.15) is 17.5 Å². The fraction of sp³-hybridized carbons (Fsp3) is 0.440. The van der Waals surface area contributed by atoms with Crippen molar-refractivity contribution in [2.75, 3.05) is 18.4 Å². The van der Waals surface area contributed by atoms with Crippen LogP contribution in [0.3, 0.4) is 0 Å². The number of hydrogen-bond donors (Lipinski definition) is 2. The van der Waals surface area contributed by atoms with Gasteiger partial charge in [-0.25, -0.2) is 9.78 Å². The standard InChI is InChI=1S/C25H34N6O2/c1-18(2)13-16-31(24(32)33-25(3,4)5)17-21(27-20-9-7-6-8-10-20)23-28-22(29-30-23)19-11-14-26-15-12-19/h6-12,14-15,18,21,27H,13,16-17H2,1-5H3,(H,28,29,30). The molecular formula is C25H34N6O2. The van der Waals surface area contributed by atoms with E-state index in [1.54, 1.807) is 17.3 Å². The highest BCUT2D eigenvalue weighted by atomic mass is 16.6. The van der Waals surface area contributed by atoms with Crippen LogP contribution in [0.15, 0.2) is 54.9 Å². The van der Waals surface area contributed by atoms with E-state index in [-0.39, 0.29) is 12.1 Å². The molecule has 33 heavy (non-hydrogen) atoms. The zero-order chi connectivity index (χ0) is 23.8. The number of benzene rings is 1. The van der Waals surface area contributed by atoms with Crippen molar-refractivity contribution in [2.24, 2.45) is 5.92 Å². The van der Waals surface area contributed by atoms with E-state index in [0.717, 1.165) is 17.7 Å². The summed E-state index contributed by atoms with van der Waals surface area (Å²) in [6.07, 6.45) is 3.95. The number of amides is 1. The second-order valence-electron chi connectivity index (χ2n) is 9.45. The molecule has 1 atom stereocenters. The number of para-hydroxylation sites is 1. The Morgan fingerprint density at radius 1 is 1.12 bits per heavy atom. The van der Waals surface area contributed by atoms with Gasteiger partial charge in [0.2, 0.25) is 0 Å². The number of carbonyl (C=O) groups excluding carboxylic acids is 1. The Kier molecular flexibility index (Phi) is 8.03. The summed E-state index contributed by atoms with van der Waals surface area (Å²) < 4.78 is 5.70. The van der Waals surface area contributed by atoms with Crippen LogP contribution in [0.4, 0.5) is 10.5 Å². The number of anilines is 1. The molecule has 1 unspecified atom stereocenters. The molecular weight excluding hydrogens is 416 g/mol. The maximum Gasteiger partial charge on any atom is 0.410 e. The zero-order valence-corrected chi connectivity index (χ0v) is 20.1. The van der Waals surface area contributed by atoms with Gasteiger partial charge in [-0.1, -0.05) is 32.0 Å². The summed E-state index contributed by atoms with van der Waals surface area (Å²) in [5, 5.41) is 11.0. The van der Waals surface area contributed by atoms with Gasteiger partial charge < -0.3 is 15.0 Å². The quantitative estimate of drug-likeness (QED) is 0.459. The molecule has 1 aromatic carbocycles. The number of H-pyrrole nitrogens is 1. The third kappa shape index (κ3) is 7.59. The third-order valence-corrected chi connectivity index (χ3v) is 4.92. The number of aromatic nitrogens is 4. The smallest absolute Gasteiger partial charge is 0.410 e. The zero-order valence-electron chi connectivity index (χ0n) is 20.1. The summed E-state index contributed by atoms with van der Waals surface area (Å²) in [7, 11) is 0. The molecule has 8 heteroatoms. The van der Waals surface area contributed by atoms with Crippen molar-refractivity contribution in [1.29, 1.82) is 0 Å². The summed E-state index contributed by atoms with van der Waals surface area (Å²) in [6.45, 7) is 10.9. The first-order valence-corrected chi connectivity index (χ1v) is 11.3. The Bertz CT molecular complexity index is 998. The first-order chi connectivity index (χ1) is 15.7. The number of hydrogen-bond acceptors (Lipinski definition) is 6. The number of nitrogens with one attached hydrogen (secondary N) is 2. The minimum Gasteiger partial charge on any atom is -0.444 e. The average Bonchev–Trinajstić information content (AvgIpc) is 3.26. The fourth-order valence-electron chi connectivity index (χ4n) is 3.21. The van der Waals surface area contributed by atoms with E-state index in [0.29, 0.717) is 30.7 Å². The van der Waals surface area contributed by atoms with Crippen molar-refractivity contribution in [3.63, 3.8) is 0 Å². The highest BCUT2D eigenvalue weighted by Gasteiger charge is 2.27. The van der Waals surface area contributed by atoms with E-state index in [4.69, 9.17) is 9.72 Å². The number of aromatic amines is 1. The van der Waals surface area contributed by atoms with Crippen LogP contribution in [0.5, 0.6) is 0 Å². The number of nitrogens with zero attached hydrogens (tertiary/aromatic N) is 4. The van der Waals surface area contributed by atoms with Crippen molar-refractivity contribution >= 4 is 11.8 Å². The Balaban J connectivity index is 1.88. The lowest BCUT2D eigenvalue weighted by Gasteiger charge is -2.30. The summed E-state index contributed by atoms with van der Waals surface area (Å²) in [5.74, 6) is 1.68. The van der Waals surface area contributed by atoms with Crippen LogP contribution in [0, 0.1) is 5.92 Å². The van der Waals surface area contributed by atoms with Gasteiger partial charge in [-0.05, 0) is 57.4 Å². The predicted molar refractivity (Wildman–Crippen MR) is 130 cm³/mol. The summed E-state index contributed by atoms with van der Waals surface area (Å²) in [5.41, 5.74) is 1.23. The van der Waals surface area contributed by atoms with Crippen molar-refractivity contribution < 1.29 is 9.53 Å². The molecule has 8 nitrogen and oxygen atoms in total. The van der Waals surface area contributed by atoms with Crippen LogP contribution >= 0.6 is 0 Å². The second-order valence-corrected chi connectivity index (χ2v) is 9.45. The van der Waals surface area contributed by atoms with E-state index in [9.17, 15) is 4.79 Å². The van der Waals surface area contributed by atoms with Crippen LogP contribution in [-0.2, 0) is 4.74 Å². The molecule has 0 radical (unpaired) electrons. The van der Waals surface area contributed by atoms with Crippen molar-refractivity contribution in [1.82, 2.24) is 25.1 Å². The molecule has 0 aliphatic heterocycles. The summed E-state index contributed by atoms with van der Waals surface area (Å²) in [4.78, 5) is 23.6. The molecule has 2 heterocycles. The topological polar surface area (TPSA) is 96.0 Å². The van der Waals surface area contributed by atoms with Crippen molar-refractivity contribution in [3.05, 3.63) is 60.7 Å². The van der Waals surface area contributed by atoms with Gasteiger partial charge in [-0.2, -0.15) is 5.10 Å². The van der Waals surface area contributed by atoms with Gasteiger partial charge in [-0.3, -0.25) is 10.1 Å². The van der Waals surface area contributed by atoms with E-state index in [2.05, 4.69) is 34.3 Å². The van der Waals surface area contributed by atoms with E-state index < -0.39 is 5.60 Å². The molecule has 176 valence electrons. The lowest BCUT2D eigenvalue weighted by molar-refractivity contribution is 0.0233. The highest BCUT2D eigenvalue weighted by molar-refractivity contribution is 5.68. The van der Waals surface area contributed by atoms with E-state index >= 15 is 0 Å². The molecule has 3 aromatic rings. The molecule has 1 amide bonds. The Labute approximate surface area is 195 Å². The maximum absolute atomic E-state index is 13.0. The minimum atomic E-state index is -0.573. The Morgan fingerprint density at radius 3 is 2.45 bits per heavy atom. The van der Waals surface area contributed by atoms with E-state index in [1.165, 1.54) is 0 Å². The Morgan fingerprint density at radius 2 is 1.82 bits per heavy atom. The lowest BCUT2D eigenvalue weighted by Crippen LogP contribution is -2.41. The first kappa shape index (κ1) is 24.2. The van der Waals surface area contributed by atoms with Crippen LogP contribution in [0.1, 0.15) is 52.9 Å². The number of carbonyl (C=O) groups is 1. The maximum atomic E-state index is 13.0. The fourth-order valence-corrected chi connectivity index (χ4v) is 3.21. The number of ether oxygens (including phenoxy) is 1. The highest BCUT2D eigenvalue weighted by Crippen LogP contribution is 2.22. The van der Waals surface area contributed by atoms with Crippen LogP contribution in [0.2, 0.25) is 0 Å². The number of rotatable bonds is 9. The normalized spacial score (nSPS) is 12.4. The minimum absolute atomic E-state index is 0.310. The average molecular weight is 451 g/mol.